The van der Waals surface area contributed by atoms with Gasteiger partial charge in [-0.05, 0) is 90.1 Å². The average Bonchev–Trinajstić information content (AvgIpc) is 4.07. The fraction of sp³-hybridized carbons (Fsp3) is 0.273. The highest BCUT2D eigenvalue weighted by molar-refractivity contribution is 5.97. The Kier molecular flexibility index (Phi) is 7.84. The van der Waals surface area contributed by atoms with Crippen LogP contribution in [-0.2, 0) is 28.2 Å². The lowest BCUT2D eigenvalue weighted by Crippen LogP contribution is -2.32. The summed E-state index contributed by atoms with van der Waals surface area (Å²) in [5.41, 5.74) is 18.9. The largest absolute Gasteiger partial charge is 0.354 e. The van der Waals surface area contributed by atoms with Crippen molar-refractivity contribution in [3.8, 4) is 45.6 Å². The monoisotopic (exact) mass is 743 g/mol. The van der Waals surface area contributed by atoms with Crippen molar-refractivity contribution in [3.05, 3.63) is 92.6 Å². The highest BCUT2D eigenvalue weighted by atomic mass is 15.1. The van der Waals surface area contributed by atoms with Crippen molar-refractivity contribution in [2.24, 2.45) is 28.2 Å². The minimum absolute atomic E-state index is 0.802. The molecule has 0 unspecified atom stereocenters. The van der Waals surface area contributed by atoms with Crippen LogP contribution in [0.3, 0.4) is 0 Å². The van der Waals surface area contributed by atoms with Crippen molar-refractivity contribution in [2.75, 3.05) is 0 Å². The number of imidazole rings is 4. The first-order valence-electron chi connectivity index (χ1n) is 19.0. The topological polar surface area (TPSA) is 130 Å². The molecule has 2 aliphatic rings. The second-order valence-corrected chi connectivity index (χ2v) is 15.2. The van der Waals surface area contributed by atoms with Gasteiger partial charge in [0.2, 0.25) is 0 Å². The molecule has 0 atom stereocenters. The summed E-state index contributed by atoms with van der Waals surface area (Å²) in [7, 11) is 8.29. The molecule has 0 saturated carbocycles. The van der Waals surface area contributed by atoms with E-state index in [0.29, 0.717) is 0 Å². The Morgan fingerprint density at radius 3 is 1.05 bits per heavy atom. The van der Waals surface area contributed by atoms with Gasteiger partial charge in [0.05, 0.1) is 85.7 Å². The zero-order valence-electron chi connectivity index (χ0n) is 34.1. The Morgan fingerprint density at radius 1 is 0.446 bits per heavy atom. The molecule has 7 aromatic heterocycles. The number of aryl methyl sites for hydroxylation is 4. The molecule has 282 valence electrons. The summed E-state index contributed by atoms with van der Waals surface area (Å²) in [6.07, 6.45) is 8.41. The predicted molar refractivity (Wildman–Crippen MR) is 224 cm³/mol. The smallest absolute Gasteiger partial charge is 0.291 e. The molecule has 8 bridgehead atoms. The van der Waals surface area contributed by atoms with E-state index in [4.69, 9.17) is 24.9 Å². The van der Waals surface area contributed by atoms with E-state index >= 15 is 0 Å². The van der Waals surface area contributed by atoms with Gasteiger partial charge in [0.25, 0.3) is 5.82 Å². The molecule has 3 N–H and O–H groups in total. The van der Waals surface area contributed by atoms with Gasteiger partial charge < -0.3 is 23.7 Å². The summed E-state index contributed by atoms with van der Waals surface area (Å²) in [6, 6.07) is 8.52. The van der Waals surface area contributed by atoms with Crippen LogP contribution in [-0.4, -0.2) is 53.6 Å². The molecule has 56 heavy (non-hydrogen) atoms. The number of hydrogen-bond acceptors (Lipinski definition) is 5. The van der Waals surface area contributed by atoms with E-state index < -0.39 is 0 Å². The number of rotatable bonds is 4. The lowest BCUT2D eigenvalue weighted by atomic mass is 10.1. The first-order valence-corrected chi connectivity index (χ1v) is 19.0. The molecule has 0 fully saturated rings. The van der Waals surface area contributed by atoms with Crippen LogP contribution in [0.4, 0.5) is 0 Å². The van der Waals surface area contributed by atoms with Crippen LogP contribution >= 0.6 is 0 Å². The lowest BCUT2D eigenvalue weighted by molar-refractivity contribution is -0.665. The Bertz CT molecular complexity index is 2650. The van der Waals surface area contributed by atoms with E-state index in [0.717, 1.165) is 136 Å². The van der Waals surface area contributed by atoms with Crippen molar-refractivity contribution >= 4 is 46.4 Å². The van der Waals surface area contributed by atoms with E-state index in [2.05, 4.69) is 165 Å². The van der Waals surface area contributed by atoms with Crippen LogP contribution in [0.2, 0.25) is 0 Å². The Balaban J connectivity index is 1.52. The van der Waals surface area contributed by atoms with E-state index in [1.165, 1.54) is 0 Å². The number of nitrogens with one attached hydrogen (secondary N) is 3. The quantitative estimate of drug-likeness (QED) is 0.157. The molecule has 0 aromatic carbocycles. The van der Waals surface area contributed by atoms with E-state index in [1.54, 1.807) is 0 Å². The highest BCUT2D eigenvalue weighted by Crippen LogP contribution is 2.38. The number of H-pyrrole nitrogens is 3. The van der Waals surface area contributed by atoms with Crippen LogP contribution in [0.1, 0.15) is 68.3 Å². The SMILES string of the molecule is Cc1nc(-c2c3nc(c(-c4nc(C)c(C)n4C)c4ccc([nH]4)c(-c4[nH]c(C)c(C)[n+]4C)c4nc(c(-c5nc(C)c(C)n5C)c5ccc2[nH]5)C=C4)C=C3)n(C)c1C. The molecule has 0 saturated heterocycles. The molecule has 0 aliphatic carbocycles. The van der Waals surface area contributed by atoms with Gasteiger partial charge in [-0.1, -0.05) is 0 Å². The maximum absolute atomic E-state index is 5.45. The van der Waals surface area contributed by atoms with Gasteiger partial charge >= 0.3 is 0 Å². The number of hydrogen-bond donors (Lipinski definition) is 3. The predicted octanol–water partition coefficient (Wildman–Crippen LogP) is 8.14. The number of aromatic nitrogens is 12. The standard InChI is InChI=1S/C44H46N12/c1-21-25(5)53(9)41(45-21)37-29-13-15-31(49-29)38(42-46-22(2)26(6)54(42)10)33-17-19-35(51-33)40(44-48-24(4)28(8)56(44)12)36-20-18-34(52-36)39(32-16-14-30(37)50-32)43-47-23(3)27(7)55(43)11/h13-20H,1-12H3,(H2,45,46,47,48,49,50,51,52)/p+1. The molecular formula is C44H47N12+. The second-order valence-electron chi connectivity index (χ2n) is 15.2. The third-order valence-corrected chi connectivity index (χ3v) is 12.2. The van der Waals surface area contributed by atoms with Crippen LogP contribution in [0.25, 0.3) is 91.9 Å². The molecule has 12 nitrogen and oxygen atoms in total. The van der Waals surface area contributed by atoms with Gasteiger partial charge in [-0.15, -0.1) is 0 Å². The molecule has 12 heteroatoms. The van der Waals surface area contributed by atoms with E-state index in [9.17, 15) is 0 Å². The third-order valence-electron chi connectivity index (χ3n) is 12.2. The summed E-state index contributed by atoms with van der Waals surface area (Å²) >= 11 is 0. The number of aromatic amines is 3. The maximum Gasteiger partial charge on any atom is 0.291 e. The van der Waals surface area contributed by atoms with Crippen LogP contribution in [0.5, 0.6) is 0 Å². The summed E-state index contributed by atoms with van der Waals surface area (Å²) in [6.45, 7) is 16.7. The van der Waals surface area contributed by atoms with Crippen molar-refractivity contribution in [3.63, 3.8) is 0 Å². The summed E-state index contributed by atoms with van der Waals surface area (Å²) in [5.74, 6) is 3.44. The molecule has 0 spiro atoms. The van der Waals surface area contributed by atoms with Gasteiger partial charge in [-0.2, -0.15) is 0 Å². The third kappa shape index (κ3) is 5.11. The van der Waals surface area contributed by atoms with Crippen LogP contribution in [0.15, 0.2) is 24.3 Å². The number of fused-ring (bicyclic) bond motifs is 8. The van der Waals surface area contributed by atoms with Crippen LogP contribution < -0.4 is 4.57 Å². The zero-order valence-corrected chi connectivity index (χ0v) is 34.1. The first kappa shape index (κ1) is 35.2. The molecule has 0 radical (unpaired) electrons. The van der Waals surface area contributed by atoms with Gasteiger partial charge in [0.1, 0.15) is 34.4 Å². The minimum Gasteiger partial charge on any atom is -0.354 e. The van der Waals surface area contributed by atoms with Gasteiger partial charge in [0, 0.05) is 52.1 Å². The molecule has 0 amide bonds. The molecular weight excluding hydrogens is 697 g/mol. The average molecular weight is 744 g/mol. The summed E-state index contributed by atoms with van der Waals surface area (Å²) < 4.78 is 8.65. The second kappa shape index (κ2) is 12.5. The molecule has 7 aromatic rings. The fourth-order valence-electron chi connectivity index (χ4n) is 7.98. The van der Waals surface area contributed by atoms with E-state index in [1.807, 2.05) is 0 Å². The van der Waals surface area contributed by atoms with Gasteiger partial charge in [-0.3, -0.25) is 0 Å². The lowest BCUT2D eigenvalue weighted by Gasteiger charge is -2.07. The normalized spacial score (nSPS) is 12.5. The van der Waals surface area contributed by atoms with Crippen molar-refractivity contribution in [1.29, 1.82) is 0 Å². The van der Waals surface area contributed by atoms with Crippen molar-refractivity contribution < 1.29 is 4.57 Å². The summed E-state index contributed by atoms with van der Waals surface area (Å²) in [4.78, 5) is 37.6. The number of nitrogens with zero attached hydrogens (tertiary/aromatic N) is 9. The fourth-order valence-corrected chi connectivity index (χ4v) is 7.98. The van der Waals surface area contributed by atoms with Crippen molar-refractivity contribution in [1.82, 2.24) is 53.6 Å². The highest BCUT2D eigenvalue weighted by Gasteiger charge is 2.27. The Labute approximate surface area is 325 Å². The van der Waals surface area contributed by atoms with Gasteiger partial charge in [0.15, 0.2) is 0 Å². The molecule has 9 rings (SSSR count). The maximum atomic E-state index is 5.45. The Hall–Kier alpha value is -6.56. The minimum atomic E-state index is 0.802. The summed E-state index contributed by atoms with van der Waals surface area (Å²) in [5, 5.41) is 0. The van der Waals surface area contributed by atoms with Crippen LogP contribution in [0, 0.1) is 55.4 Å². The zero-order chi connectivity index (χ0) is 39.5. The van der Waals surface area contributed by atoms with Crippen molar-refractivity contribution in [2.45, 2.75) is 55.4 Å². The Morgan fingerprint density at radius 2 is 0.768 bits per heavy atom. The molecule has 2 aliphatic heterocycles. The molecule has 9 heterocycles. The first-order chi connectivity index (χ1) is 26.7. The van der Waals surface area contributed by atoms with Gasteiger partial charge in [-0.25, -0.2) is 34.5 Å². The van der Waals surface area contributed by atoms with E-state index in [-0.39, 0.29) is 0 Å².